The zero-order valence-electron chi connectivity index (χ0n) is 17.2. The van der Waals surface area contributed by atoms with Crippen LogP contribution in [0, 0.1) is 0 Å². The van der Waals surface area contributed by atoms with Gasteiger partial charge in [-0.05, 0) is 24.8 Å². The predicted molar refractivity (Wildman–Crippen MR) is 116 cm³/mol. The number of nitrogens with zero attached hydrogens (tertiary/aromatic N) is 5. The minimum Gasteiger partial charge on any atom is -0.337 e. The van der Waals surface area contributed by atoms with E-state index in [9.17, 15) is 4.79 Å². The zero-order valence-corrected chi connectivity index (χ0v) is 18.0. The van der Waals surface area contributed by atoms with Crippen LogP contribution in [0.2, 0.25) is 0 Å². The van der Waals surface area contributed by atoms with Gasteiger partial charge in [-0.25, -0.2) is 4.98 Å². The maximum Gasteiger partial charge on any atom is 0.254 e. The van der Waals surface area contributed by atoms with Crippen molar-refractivity contribution in [2.24, 2.45) is 0 Å². The summed E-state index contributed by atoms with van der Waals surface area (Å²) in [6.45, 7) is 7.00. The molecule has 156 valence electrons. The molecule has 1 aliphatic rings. The van der Waals surface area contributed by atoms with Gasteiger partial charge in [-0.2, -0.15) is 4.98 Å². The molecular formula is C22H25N5O2S. The average Bonchev–Trinajstić information content (AvgIpc) is 3.30. The summed E-state index contributed by atoms with van der Waals surface area (Å²) in [4.78, 5) is 26.0. The molecule has 1 aliphatic heterocycles. The smallest absolute Gasteiger partial charge is 0.254 e. The van der Waals surface area contributed by atoms with E-state index in [1.807, 2.05) is 41.3 Å². The van der Waals surface area contributed by atoms with Gasteiger partial charge in [0.15, 0.2) is 0 Å². The van der Waals surface area contributed by atoms with Crippen LogP contribution in [0.1, 0.15) is 36.1 Å². The fourth-order valence-electron chi connectivity index (χ4n) is 3.53. The normalized spacial score (nSPS) is 15.9. The number of hydrogen-bond donors (Lipinski definition) is 0. The molecule has 3 heterocycles. The zero-order chi connectivity index (χ0) is 20.9. The molecule has 0 spiro atoms. The number of thioether (sulfide) groups is 1. The summed E-state index contributed by atoms with van der Waals surface area (Å²) in [6.07, 6.45) is 1.71. The van der Waals surface area contributed by atoms with E-state index >= 15 is 0 Å². The molecule has 3 aromatic rings. The van der Waals surface area contributed by atoms with E-state index in [4.69, 9.17) is 4.52 Å². The Morgan fingerprint density at radius 2 is 1.93 bits per heavy atom. The van der Waals surface area contributed by atoms with Crippen LogP contribution in [-0.2, 0) is 0 Å². The van der Waals surface area contributed by atoms with Crippen molar-refractivity contribution in [1.82, 2.24) is 24.9 Å². The fraction of sp³-hybridized carbons (Fsp3) is 0.364. The highest BCUT2D eigenvalue weighted by Gasteiger charge is 2.28. The van der Waals surface area contributed by atoms with Gasteiger partial charge in [0.25, 0.3) is 5.91 Å². The van der Waals surface area contributed by atoms with Crippen molar-refractivity contribution in [1.29, 1.82) is 0 Å². The standard InChI is InChI=1S/C22H25N5O2S/c1-3-30-19-15-18(9-10-23-19)22(28)27-13-11-26(12-14-27)16(2)21-24-20(25-29-21)17-7-5-4-6-8-17/h4-10,15-16H,3,11-14H2,1-2H3. The number of hydrogen-bond acceptors (Lipinski definition) is 7. The first-order chi connectivity index (χ1) is 14.7. The van der Waals surface area contributed by atoms with Crippen LogP contribution < -0.4 is 0 Å². The lowest BCUT2D eigenvalue weighted by atomic mass is 10.2. The van der Waals surface area contributed by atoms with E-state index in [0.29, 0.717) is 30.4 Å². The highest BCUT2D eigenvalue weighted by molar-refractivity contribution is 7.99. The molecule has 1 atom stereocenters. The topological polar surface area (TPSA) is 75.4 Å². The van der Waals surface area contributed by atoms with Crippen molar-refractivity contribution in [3.05, 3.63) is 60.1 Å². The third-order valence-corrected chi connectivity index (χ3v) is 6.06. The number of amides is 1. The molecular weight excluding hydrogens is 398 g/mol. The number of carbonyl (C=O) groups is 1. The van der Waals surface area contributed by atoms with Gasteiger partial charge in [-0.3, -0.25) is 9.69 Å². The second kappa shape index (κ2) is 9.40. The molecule has 1 aromatic carbocycles. The minimum atomic E-state index is 0.000645. The lowest BCUT2D eigenvalue weighted by Crippen LogP contribution is -2.49. The maximum absolute atomic E-state index is 12.9. The first-order valence-corrected chi connectivity index (χ1v) is 11.2. The van der Waals surface area contributed by atoms with Crippen LogP contribution in [0.5, 0.6) is 0 Å². The fourth-order valence-corrected chi connectivity index (χ4v) is 4.17. The molecule has 1 saturated heterocycles. The molecule has 4 rings (SSSR count). The number of rotatable bonds is 6. The predicted octanol–water partition coefficient (Wildman–Crippen LogP) is 3.76. The SMILES string of the molecule is CCSc1cc(C(=O)N2CCN(C(C)c3nc(-c4ccccc4)no3)CC2)ccn1. The third kappa shape index (κ3) is 4.55. The van der Waals surface area contributed by atoms with Crippen LogP contribution in [0.15, 0.2) is 58.2 Å². The Labute approximate surface area is 180 Å². The lowest BCUT2D eigenvalue weighted by Gasteiger charge is -2.36. The summed E-state index contributed by atoms with van der Waals surface area (Å²) in [5, 5.41) is 5.01. The number of piperazine rings is 1. The monoisotopic (exact) mass is 423 g/mol. The van der Waals surface area contributed by atoms with E-state index in [1.165, 1.54) is 0 Å². The third-order valence-electron chi connectivity index (χ3n) is 5.25. The van der Waals surface area contributed by atoms with E-state index in [0.717, 1.165) is 29.4 Å². The Bertz CT molecular complexity index is 986. The number of aromatic nitrogens is 3. The summed E-state index contributed by atoms with van der Waals surface area (Å²) in [6, 6.07) is 13.5. The van der Waals surface area contributed by atoms with Crippen molar-refractivity contribution in [2.45, 2.75) is 24.9 Å². The van der Waals surface area contributed by atoms with Gasteiger partial charge in [-0.1, -0.05) is 42.4 Å². The molecule has 1 amide bonds. The van der Waals surface area contributed by atoms with Crippen molar-refractivity contribution < 1.29 is 9.32 Å². The Morgan fingerprint density at radius 1 is 1.17 bits per heavy atom. The highest BCUT2D eigenvalue weighted by Crippen LogP contribution is 2.24. The molecule has 0 radical (unpaired) electrons. The summed E-state index contributed by atoms with van der Waals surface area (Å²) in [7, 11) is 0. The first-order valence-electron chi connectivity index (χ1n) is 10.2. The van der Waals surface area contributed by atoms with Gasteiger partial charge in [0.1, 0.15) is 0 Å². The van der Waals surface area contributed by atoms with Crippen LogP contribution >= 0.6 is 11.8 Å². The van der Waals surface area contributed by atoms with Gasteiger partial charge in [-0.15, -0.1) is 11.8 Å². The van der Waals surface area contributed by atoms with Crippen LogP contribution in [0.3, 0.4) is 0 Å². The second-order valence-electron chi connectivity index (χ2n) is 7.14. The summed E-state index contributed by atoms with van der Waals surface area (Å²) >= 11 is 1.64. The minimum absolute atomic E-state index is 0.000645. The Balaban J connectivity index is 1.37. The quantitative estimate of drug-likeness (QED) is 0.559. The number of carbonyl (C=O) groups excluding carboxylic acids is 1. The van der Waals surface area contributed by atoms with Gasteiger partial charge in [0.2, 0.25) is 11.7 Å². The van der Waals surface area contributed by atoms with Crippen LogP contribution in [0.25, 0.3) is 11.4 Å². The molecule has 0 saturated carbocycles. The van der Waals surface area contributed by atoms with Crippen LogP contribution in [0.4, 0.5) is 0 Å². The Morgan fingerprint density at radius 3 is 2.67 bits per heavy atom. The molecule has 30 heavy (non-hydrogen) atoms. The molecule has 8 heteroatoms. The van der Waals surface area contributed by atoms with E-state index in [2.05, 4.69) is 33.9 Å². The molecule has 2 aromatic heterocycles. The largest absolute Gasteiger partial charge is 0.337 e. The summed E-state index contributed by atoms with van der Waals surface area (Å²) in [5.74, 6) is 2.20. The highest BCUT2D eigenvalue weighted by atomic mass is 32.2. The molecule has 0 aliphatic carbocycles. The maximum atomic E-state index is 12.9. The van der Waals surface area contributed by atoms with E-state index < -0.39 is 0 Å². The van der Waals surface area contributed by atoms with Crippen molar-refractivity contribution >= 4 is 17.7 Å². The summed E-state index contributed by atoms with van der Waals surface area (Å²) < 4.78 is 5.52. The molecule has 0 bridgehead atoms. The van der Waals surface area contributed by atoms with E-state index in [-0.39, 0.29) is 11.9 Å². The van der Waals surface area contributed by atoms with Crippen molar-refractivity contribution in [2.75, 3.05) is 31.9 Å². The van der Waals surface area contributed by atoms with Crippen molar-refractivity contribution in [3.63, 3.8) is 0 Å². The Kier molecular flexibility index (Phi) is 6.44. The lowest BCUT2D eigenvalue weighted by molar-refractivity contribution is 0.0551. The Hall–Kier alpha value is -2.71. The van der Waals surface area contributed by atoms with E-state index in [1.54, 1.807) is 24.0 Å². The van der Waals surface area contributed by atoms with Gasteiger partial charge in [0.05, 0.1) is 11.1 Å². The number of benzene rings is 1. The van der Waals surface area contributed by atoms with Gasteiger partial charge >= 0.3 is 0 Å². The van der Waals surface area contributed by atoms with Crippen molar-refractivity contribution in [3.8, 4) is 11.4 Å². The molecule has 7 nitrogen and oxygen atoms in total. The molecule has 1 unspecified atom stereocenters. The van der Waals surface area contributed by atoms with Gasteiger partial charge < -0.3 is 9.42 Å². The summed E-state index contributed by atoms with van der Waals surface area (Å²) in [5.41, 5.74) is 1.64. The van der Waals surface area contributed by atoms with Gasteiger partial charge in [0, 0.05) is 43.5 Å². The molecule has 0 N–H and O–H groups in total. The first kappa shape index (κ1) is 20.6. The van der Waals surface area contributed by atoms with Crippen LogP contribution in [-0.4, -0.2) is 62.8 Å². The number of pyridine rings is 1. The second-order valence-corrected chi connectivity index (χ2v) is 8.43. The molecule has 1 fully saturated rings. The average molecular weight is 424 g/mol.